The highest BCUT2D eigenvalue weighted by molar-refractivity contribution is 7.22. The van der Waals surface area contributed by atoms with Crippen LogP contribution in [0.15, 0.2) is 33.9 Å². The quantitative estimate of drug-likeness (QED) is 0.721. The second-order valence-corrected chi connectivity index (χ2v) is 7.92. The second-order valence-electron chi connectivity index (χ2n) is 6.94. The molecule has 0 unspecified atom stereocenters. The Morgan fingerprint density at radius 2 is 1.93 bits per heavy atom. The van der Waals surface area contributed by atoms with Crippen LogP contribution in [-0.2, 0) is 18.4 Å². The first-order valence-corrected chi connectivity index (χ1v) is 9.98. The van der Waals surface area contributed by atoms with Crippen molar-refractivity contribution in [1.82, 2.24) is 14.1 Å². The van der Waals surface area contributed by atoms with E-state index in [9.17, 15) is 14.4 Å². The van der Waals surface area contributed by atoms with E-state index in [1.807, 2.05) is 25.1 Å². The topological polar surface area (TPSA) is 89.2 Å². The smallest absolute Gasteiger partial charge is 0.332 e. The molecule has 146 valence electrons. The maximum Gasteiger partial charge on any atom is 0.332 e. The molecule has 9 heteroatoms. The van der Waals surface area contributed by atoms with Crippen LogP contribution in [0.4, 0.5) is 10.8 Å². The molecule has 1 N–H and O–H groups in total. The molecule has 0 aliphatic carbocycles. The zero-order valence-electron chi connectivity index (χ0n) is 15.8. The molecule has 1 amide bonds. The average molecular weight is 399 g/mol. The maximum absolute atomic E-state index is 12.7. The summed E-state index contributed by atoms with van der Waals surface area (Å²) in [5.74, 6) is -0.341. The van der Waals surface area contributed by atoms with Crippen LogP contribution in [0.25, 0.3) is 10.3 Å². The van der Waals surface area contributed by atoms with Gasteiger partial charge >= 0.3 is 5.69 Å². The summed E-state index contributed by atoms with van der Waals surface area (Å²) in [5, 5.41) is 3.55. The van der Waals surface area contributed by atoms with Crippen molar-refractivity contribution in [3.05, 3.63) is 50.7 Å². The number of aromatic nitrogens is 3. The highest BCUT2D eigenvalue weighted by Crippen LogP contribution is 2.28. The van der Waals surface area contributed by atoms with Gasteiger partial charge in [-0.2, -0.15) is 0 Å². The number of nitrogens with zero attached hydrogens (tertiary/aromatic N) is 4. The van der Waals surface area contributed by atoms with E-state index in [0.717, 1.165) is 41.2 Å². The number of carbonyl (C=O) groups excluding carboxylic acids is 1. The number of rotatable bonds is 4. The molecule has 28 heavy (non-hydrogen) atoms. The summed E-state index contributed by atoms with van der Waals surface area (Å²) in [4.78, 5) is 44.5. The number of aryl methyl sites for hydroxylation is 1. The highest BCUT2D eigenvalue weighted by atomic mass is 32.1. The predicted octanol–water partition coefficient (Wildman–Crippen LogP) is 1.70. The van der Waals surface area contributed by atoms with Crippen LogP contribution in [0, 0.1) is 6.92 Å². The van der Waals surface area contributed by atoms with E-state index >= 15 is 0 Å². The third-order valence-electron chi connectivity index (χ3n) is 4.97. The van der Waals surface area contributed by atoms with Gasteiger partial charge in [0.1, 0.15) is 11.2 Å². The van der Waals surface area contributed by atoms with Crippen LogP contribution in [0.2, 0.25) is 0 Å². The van der Waals surface area contributed by atoms with Gasteiger partial charge in [-0.05, 0) is 31.4 Å². The van der Waals surface area contributed by atoms with E-state index in [4.69, 9.17) is 0 Å². The minimum absolute atomic E-state index is 0.207. The number of benzene rings is 1. The number of fused-ring (bicyclic) bond motifs is 1. The van der Waals surface area contributed by atoms with Crippen LogP contribution < -0.4 is 21.5 Å². The Balaban J connectivity index is 1.73. The summed E-state index contributed by atoms with van der Waals surface area (Å²) in [5.41, 5.74) is 0.977. The van der Waals surface area contributed by atoms with E-state index in [0.29, 0.717) is 10.4 Å². The van der Waals surface area contributed by atoms with Gasteiger partial charge < -0.3 is 10.2 Å². The number of hydrogen-bond acceptors (Lipinski definition) is 6. The molecule has 3 aromatic rings. The molecular weight excluding hydrogens is 378 g/mol. The highest BCUT2D eigenvalue weighted by Gasteiger charge is 2.22. The SMILES string of the molecule is Cc1ccccc1NC(=O)Cn1c(=O)n(C)c(=O)c2sc(N3CCCC3)nc21. The molecule has 0 saturated carbocycles. The second kappa shape index (κ2) is 7.23. The number of nitrogens with one attached hydrogen (secondary N) is 1. The van der Waals surface area contributed by atoms with Crippen molar-refractivity contribution >= 4 is 38.4 Å². The lowest BCUT2D eigenvalue weighted by molar-refractivity contribution is -0.116. The molecule has 0 radical (unpaired) electrons. The zero-order valence-corrected chi connectivity index (χ0v) is 16.6. The fourth-order valence-corrected chi connectivity index (χ4v) is 4.46. The van der Waals surface area contributed by atoms with E-state index in [2.05, 4.69) is 15.2 Å². The third-order valence-corrected chi connectivity index (χ3v) is 6.06. The van der Waals surface area contributed by atoms with E-state index in [1.165, 1.54) is 23.0 Å². The number of anilines is 2. The van der Waals surface area contributed by atoms with Crippen molar-refractivity contribution < 1.29 is 4.79 Å². The Morgan fingerprint density at radius 1 is 1.21 bits per heavy atom. The number of hydrogen-bond donors (Lipinski definition) is 1. The number of para-hydroxylation sites is 1. The molecule has 0 spiro atoms. The average Bonchev–Trinajstić information content (AvgIpc) is 3.35. The summed E-state index contributed by atoms with van der Waals surface area (Å²) in [6.07, 6.45) is 2.17. The Bertz CT molecular complexity index is 1170. The maximum atomic E-state index is 12.7. The van der Waals surface area contributed by atoms with Crippen molar-refractivity contribution in [1.29, 1.82) is 0 Å². The molecule has 1 fully saturated rings. The van der Waals surface area contributed by atoms with Gasteiger partial charge in [0.25, 0.3) is 5.56 Å². The molecule has 0 atom stereocenters. The number of amides is 1. The Kier molecular flexibility index (Phi) is 4.76. The van der Waals surface area contributed by atoms with Gasteiger partial charge in [0, 0.05) is 25.8 Å². The lowest BCUT2D eigenvalue weighted by atomic mass is 10.2. The van der Waals surface area contributed by atoms with Gasteiger partial charge in [0.15, 0.2) is 10.8 Å². The molecule has 3 heterocycles. The summed E-state index contributed by atoms with van der Waals surface area (Å²) < 4.78 is 2.71. The first-order valence-electron chi connectivity index (χ1n) is 9.16. The van der Waals surface area contributed by atoms with Crippen LogP contribution in [-0.4, -0.2) is 33.1 Å². The standard InChI is InChI=1S/C19H21N5O3S/c1-12-7-3-4-8-13(12)20-14(25)11-24-16-15(17(26)22(2)19(24)27)28-18(21-16)23-9-5-6-10-23/h3-4,7-8H,5-6,9-11H2,1-2H3,(H,20,25). The largest absolute Gasteiger partial charge is 0.348 e. The lowest BCUT2D eigenvalue weighted by Gasteiger charge is -2.12. The summed E-state index contributed by atoms with van der Waals surface area (Å²) in [6.45, 7) is 3.46. The lowest BCUT2D eigenvalue weighted by Crippen LogP contribution is -2.39. The van der Waals surface area contributed by atoms with Crippen LogP contribution >= 0.6 is 11.3 Å². The van der Waals surface area contributed by atoms with Crippen LogP contribution in [0.5, 0.6) is 0 Å². The fraction of sp³-hybridized carbons (Fsp3) is 0.368. The molecule has 1 aliphatic heterocycles. The molecule has 1 saturated heterocycles. The normalized spacial score (nSPS) is 14.0. The van der Waals surface area contributed by atoms with E-state index < -0.39 is 5.69 Å². The molecule has 8 nitrogen and oxygen atoms in total. The van der Waals surface area contributed by atoms with Gasteiger partial charge in [-0.3, -0.25) is 18.7 Å². The molecule has 1 aromatic carbocycles. The third kappa shape index (κ3) is 3.22. The molecular formula is C19H21N5O3S. The van der Waals surface area contributed by atoms with Crippen molar-refractivity contribution in [2.45, 2.75) is 26.3 Å². The Morgan fingerprint density at radius 3 is 2.64 bits per heavy atom. The Hall–Kier alpha value is -2.94. The first kappa shape index (κ1) is 18.4. The fourth-order valence-electron chi connectivity index (χ4n) is 3.37. The van der Waals surface area contributed by atoms with Gasteiger partial charge in [0.2, 0.25) is 5.91 Å². The van der Waals surface area contributed by atoms with E-state index in [-0.39, 0.29) is 23.7 Å². The molecule has 0 bridgehead atoms. The van der Waals surface area contributed by atoms with Crippen molar-refractivity contribution in [2.24, 2.45) is 7.05 Å². The van der Waals surface area contributed by atoms with Gasteiger partial charge in [-0.25, -0.2) is 9.78 Å². The predicted molar refractivity (Wildman–Crippen MR) is 110 cm³/mol. The van der Waals surface area contributed by atoms with Crippen molar-refractivity contribution in [3.8, 4) is 0 Å². The summed E-state index contributed by atoms with van der Waals surface area (Å²) >= 11 is 1.28. The number of carbonyl (C=O) groups is 1. The van der Waals surface area contributed by atoms with E-state index in [1.54, 1.807) is 6.07 Å². The number of thiazole rings is 1. The van der Waals surface area contributed by atoms with Gasteiger partial charge in [0.05, 0.1) is 0 Å². The monoisotopic (exact) mass is 399 g/mol. The minimum Gasteiger partial charge on any atom is -0.348 e. The van der Waals surface area contributed by atoms with Gasteiger partial charge in [-0.1, -0.05) is 29.5 Å². The summed E-state index contributed by atoms with van der Waals surface area (Å²) in [7, 11) is 1.43. The van der Waals surface area contributed by atoms with Crippen molar-refractivity contribution in [3.63, 3.8) is 0 Å². The first-order chi connectivity index (χ1) is 13.5. The zero-order chi connectivity index (χ0) is 19.8. The van der Waals surface area contributed by atoms with Crippen LogP contribution in [0.1, 0.15) is 18.4 Å². The van der Waals surface area contributed by atoms with Crippen LogP contribution in [0.3, 0.4) is 0 Å². The molecule has 1 aliphatic rings. The summed E-state index contributed by atoms with van der Waals surface area (Å²) in [6, 6.07) is 7.43. The van der Waals surface area contributed by atoms with Crippen molar-refractivity contribution in [2.75, 3.05) is 23.3 Å². The Labute approximate surface area is 165 Å². The molecule has 2 aromatic heterocycles. The van der Waals surface area contributed by atoms with Gasteiger partial charge in [-0.15, -0.1) is 0 Å². The molecule has 4 rings (SSSR count). The minimum atomic E-state index is -0.546.